The smallest absolute Gasteiger partial charge is 0 e. The van der Waals surface area contributed by atoms with Crippen molar-refractivity contribution >= 4 is 29.3 Å². The molecule has 16 valence electrons. The molecule has 0 saturated heterocycles. The van der Waals surface area contributed by atoms with Crippen molar-refractivity contribution in [2.75, 3.05) is 0 Å². The van der Waals surface area contributed by atoms with Crippen LogP contribution < -0.4 is 0 Å². The van der Waals surface area contributed by atoms with Crippen molar-refractivity contribution in [1.82, 2.24) is 0 Å². The van der Waals surface area contributed by atoms with Gasteiger partial charge in [-0.05, 0) is 0 Å². The van der Waals surface area contributed by atoms with Gasteiger partial charge < -0.3 is 0 Å². The molecule has 0 aliphatic heterocycles. The highest BCUT2D eigenvalue weighted by Gasteiger charge is 0.00300. The van der Waals surface area contributed by atoms with Gasteiger partial charge in [0.05, 0.1) is 0 Å². The number of rotatable bonds is 0. The lowest BCUT2D eigenvalue weighted by Crippen LogP contribution is -0.382. The van der Waals surface area contributed by atoms with Gasteiger partial charge in [0.1, 0.15) is 0 Å². The second-order valence-corrected chi connectivity index (χ2v) is 0. The van der Waals surface area contributed by atoms with Gasteiger partial charge in [-0.3, -0.25) is 0 Å². The predicted octanol–water partition coefficient (Wildman–Crippen LogP) is 0.181. The van der Waals surface area contributed by atoms with Gasteiger partial charge in [-0.25, -0.2) is 0 Å². The predicted molar refractivity (Wildman–Crippen MR) is 21.7 cm³/mol. The molecule has 3 heteroatoms. The highest BCUT2D eigenvalue weighted by atomic mass is 31.0. The molecule has 0 unspecified atom stereocenters. The highest BCUT2D eigenvalue weighted by molar-refractivity contribution is 6.92. The van der Waals surface area contributed by atoms with E-state index in [0.717, 1.165) is 0 Å². The van der Waals surface area contributed by atoms with Crippen LogP contribution in [-0.4, -0.2) is 19.4 Å². The average Bonchev–Trinajstić information content (AvgIpc) is 0. The maximum absolute atomic E-state index is 0. The minimum absolute atomic E-state index is 0. The zero-order chi connectivity index (χ0) is 0. The summed E-state index contributed by atoms with van der Waals surface area (Å²) in [5, 5.41) is 0. The third kappa shape index (κ3) is 15.7. The molecule has 0 amide bonds. The summed E-state index contributed by atoms with van der Waals surface area (Å²) in [7, 11) is 0. The second kappa shape index (κ2) is 53.9. The summed E-state index contributed by atoms with van der Waals surface area (Å²) in [6, 6.07) is 0. The van der Waals surface area contributed by atoms with E-state index >= 15 is 0 Å². The molecule has 0 aliphatic carbocycles. The maximum Gasteiger partial charge on any atom is 0 e. The Morgan fingerprint density at radius 2 is 1.00 bits per heavy atom. The molecule has 0 nitrogen and oxygen atoms in total. The van der Waals surface area contributed by atoms with Crippen LogP contribution >= 0.6 is 9.90 Å². The van der Waals surface area contributed by atoms with Crippen molar-refractivity contribution in [1.29, 1.82) is 0 Å². The van der Waals surface area contributed by atoms with Crippen molar-refractivity contribution in [2.45, 2.75) is 0 Å². The lowest BCUT2D eigenvalue weighted by Gasteiger charge is -0.00100. The Hall–Kier alpha value is 0.712. The molecule has 0 heterocycles. The maximum atomic E-state index is 0. The molecule has 0 saturated carbocycles. The van der Waals surface area contributed by atoms with E-state index < -0.39 is 0 Å². The molecule has 0 aliphatic rings. The summed E-state index contributed by atoms with van der Waals surface area (Å²) < 4.78 is 0. The third-order valence-electron chi connectivity index (χ3n) is 0. The fourth-order valence-electron chi connectivity index (χ4n) is 0. The summed E-state index contributed by atoms with van der Waals surface area (Å²) in [5.74, 6) is 0. The van der Waals surface area contributed by atoms with Crippen LogP contribution in [0.15, 0.2) is 0 Å². The van der Waals surface area contributed by atoms with Crippen LogP contribution in [0.5, 0.6) is 0 Å². The molecule has 0 atom stereocenters. The normalized spacial score (nSPS) is 0. The average molecular weight is 81.9 g/mol. The first-order chi connectivity index (χ1) is 0. The Bertz CT molecular complexity index is 8.00. The molecular weight excluding hydrogens is 81.9 g/mol. The van der Waals surface area contributed by atoms with E-state index in [-0.39, 0.29) is 36.7 Å². The van der Waals surface area contributed by atoms with Gasteiger partial charge in [-0.15, -0.1) is 0 Å². The van der Waals surface area contributed by atoms with E-state index in [9.17, 15) is 0 Å². The van der Waals surface area contributed by atoms with E-state index in [1.54, 1.807) is 0 Å². The van der Waals surface area contributed by atoms with Crippen molar-refractivity contribution in [2.24, 2.45) is 0 Å². The number of hydrogen-bond donors (Lipinski definition) is 0. The van der Waals surface area contributed by atoms with Crippen LogP contribution in [0.4, 0.5) is 0 Å². The Labute approximate surface area is 37.6 Å². The Kier molecular flexibility index (Phi) is 1730. The van der Waals surface area contributed by atoms with Crippen molar-refractivity contribution < 1.29 is 0 Å². The van der Waals surface area contributed by atoms with E-state index in [4.69, 9.17) is 0 Å². The molecule has 0 aromatic heterocycles. The van der Waals surface area contributed by atoms with E-state index in [1.807, 2.05) is 0 Å². The lowest BCUT2D eigenvalue weighted by molar-refractivity contribution is 3.24. The first-order valence-corrected chi connectivity index (χ1v) is 0. The summed E-state index contributed by atoms with van der Waals surface area (Å²) in [6.07, 6.45) is 0. The zero-order valence-corrected chi connectivity index (χ0v) is 3.92. The van der Waals surface area contributed by atoms with Gasteiger partial charge in [0.25, 0.3) is 0 Å². The van der Waals surface area contributed by atoms with Crippen molar-refractivity contribution in [3.8, 4) is 0 Å². The van der Waals surface area contributed by atoms with E-state index in [2.05, 4.69) is 0 Å². The fraction of sp³-hybridized carbons (Fsp3) is 0. The van der Waals surface area contributed by atoms with Gasteiger partial charge >= 0.3 is 0 Å². The topological polar surface area (TPSA) is 0 Å². The summed E-state index contributed by atoms with van der Waals surface area (Å²) in [5.41, 5.74) is 0. The Morgan fingerprint density at radius 1 is 1.00 bits per heavy atom. The SMILES string of the molecule is [B].[C].[P].[Si]. The molecule has 0 fully saturated rings. The molecule has 0 N–H and O–H groups in total. The van der Waals surface area contributed by atoms with Gasteiger partial charge in [0, 0.05) is 36.7 Å². The number of hydrogen-bond acceptors (Lipinski definition) is 0. The van der Waals surface area contributed by atoms with Crippen LogP contribution in [0.2, 0.25) is 0 Å². The molecule has 0 spiro atoms. The van der Waals surface area contributed by atoms with Crippen LogP contribution in [-0.2, 0) is 0 Å². The van der Waals surface area contributed by atoms with Crippen molar-refractivity contribution in [3.63, 3.8) is 0 Å². The fourth-order valence-corrected chi connectivity index (χ4v) is 0. The Morgan fingerprint density at radius 3 is 1.00 bits per heavy atom. The zero-order valence-electron chi connectivity index (χ0n) is 2.02. The van der Waals surface area contributed by atoms with Gasteiger partial charge in [0.2, 0.25) is 0 Å². The van der Waals surface area contributed by atoms with Crippen molar-refractivity contribution in [3.05, 3.63) is 7.43 Å². The standard InChI is InChI=1S/C.B.P.Si. The van der Waals surface area contributed by atoms with E-state index in [0.29, 0.717) is 0 Å². The van der Waals surface area contributed by atoms with Crippen LogP contribution in [0, 0.1) is 7.43 Å². The quantitative estimate of drug-likeness (QED) is 0.289. The molecular formula is CBPSi. The second-order valence-electron chi connectivity index (χ2n) is 0. The first-order valence-electron chi connectivity index (χ1n) is 0. The highest BCUT2D eigenvalue weighted by Crippen LogP contribution is 0.861. The molecule has 14 radical (unpaired) electrons. The van der Waals surface area contributed by atoms with Crippen LogP contribution in [0.3, 0.4) is 0 Å². The van der Waals surface area contributed by atoms with Crippen LogP contribution in [0.1, 0.15) is 0 Å². The van der Waals surface area contributed by atoms with Gasteiger partial charge in [-0.2, -0.15) is 0 Å². The minimum Gasteiger partial charge on any atom is 0 e. The summed E-state index contributed by atoms with van der Waals surface area (Å²) in [6.45, 7) is 0. The van der Waals surface area contributed by atoms with Crippen LogP contribution in [0.25, 0.3) is 0 Å². The molecule has 0 bridgehead atoms. The van der Waals surface area contributed by atoms with Gasteiger partial charge in [-0.1, -0.05) is 0 Å². The van der Waals surface area contributed by atoms with Gasteiger partial charge in [0.15, 0.2) is 0 Å². The van der Waals surface area contributed by atoms with E-state index in [1.165, 1.54) is 0 Å². The molecule has 0 rings (SSSR count). The molecule has 4 heavy (non-hydrogen) atoms. The molecule has 0 aromatic carbocycles. The molecule has 0 aromatic rings. The first kappa shape index (κ1) is 128. The Balaban J connectivity index is 0. The monoisotopic (exact) mass is 82.0 g/mol. The lowest BCUT2D eigenvalue weighted by atomic mass is 10.8. The largest absolute Gasteiger partial charge is 0 e. The summed E-state index contributed by atoms with van der Waals surface area (Å²) >= 11 is 0. The minimum atomic E-state index is 0. The summed E-state index contributed by atoms with van der Waals surface area (Å²) in [4.78, 5) is 0. The third-order valence-corrected chi connectivity index (χ3v) is 0.